The number of aromatic nitrogens is 2. The third-order valence-electron chi connectivity index (χ3n) is 3.51. The average Bonchev–Trinajstić information content (AvgIpc) is 2.53. The van der Waals surface area contributed by atoms with Gasteiger partial charge >= 0.3 is 0 Å². The second-order valence-corrected chi connectivity index (χ2v) is 5.12. The lowest BCUT2D eigenvalue weighted by Crippen LogP contribution is -2.25. The van der Waals surface area contributed by atoms with E-state index in [1.165, 1.54) is 4.68 Å². The lowest BCUT2D eigenvalue weighted by molar-refractivity contribution is 0.412. The summed E-state index contributed by atoms with van der Waals surface area (Å²) >= 11 is 0. The van der Waals surface area contributed by atoms with Crippen molar-refractivity contribution in [3.8, 4) is 23.1 Å². The Bertz CT molecular complexity index is 772. The van der Waals surface area contributed by atoms with Gasteiger partial charge in [-0.3, -0.25) is 4.79 Å². The van der Waals surface area contributed by atoms with Crippen LogP contribution in [0.1, 0.15) is 30.9 Å². The summed E-state index contributed by atoms with van der Waals surface area (Å²) in [7, 11) is 1.62. The number of methoxy groups -OCH3 is 1. The molecule has 0 aliphatic rings. The Labute approximate surface area is 129 Å². The Morgan fingerprint density at radius 3 is 2.73 bits per heavy atom. The molecule has 22 heavy (non-hydrogen) atoms. The van der Waals surface area contributed by atoms with Gasteiger partial charge in [-0.25, -0.2) is 4.68 Å². The van der Waals surface area contributed by atoms with E-state index in [2.05, 4.69) is 5.10 Å². The minimum absolute atomic E-state index is 0.120. The first-order valence-corrected chi connectivity index (χ1v) is 7.28. The van der Waals surface area contributed by atoms with Crippen molar-refractivity contribution < 1.29 is 4.74 Å². The standard InChI is InChI=1S/C17H19N3O2/c1-4-5-8-20-17(21)14(11-18)10-15(19-20)13-6-7-16(22-3)12(2)9-13/h6-7,9-10H,4-5,8H2,1-3H3. The number of aryl methyl sites for hydroxylation is 2. The lowest BCUT2D eigenvalue weighted by Gasteiger charge is -2.10. The van der Waals surface area contributed by atoms with Crippen LogP contribution in [-0.4, -0.2) is 16.9 Å². The van der Waals surface area contributed by atoms with E-state index in [-0.39, 0.29) is 11.1 Å². The first-order valence-electron chi connectivity index (χ1n) is 7.28. The van der Waals surface area contributed by atoms with E-state index in [0.717, 1.165) is 29.7 Å². The van der Waals surface area contributed by atoms with Crippen LogP contribution in [0, 0.1) is 18.3 Å². The minimum Gasteiger partial charge on any atom is -0.496 e. The van der Waals surface area contributed by atoms with E-state index >= 15 is 0 Å². The molecule has 2 rings (SSSR count). The van der Waals surface area contributed by atoms with Crippen molar-refractivity contribution in [2.75, 3.05) is 7.11 Å². The van der Waals surface area contributed by atoms with E-state index in [4.69, 9.17) is 10.00 Å². The van der Waals surface area contributed by atoms with Gasteiger partial charge < -0.3 is 4.74 Å². The Morgan fingerprint density at radius 2 is 2.14 bits per heavy atom. The zero-order chi connectivity index (χ0) is 16.1. The monoisotopic (exact) mass is 297 g/mol. The van der Waals surface area contributed by atoms with Gasteiger partial charge in [0.15, 0.2) is 0 Å². The van der Waals surface area contributed by atoms with E-state index < -0.39 is 0 Å². The van der Waals surface area contributed by atoms with Gasteiger partial charge in [0.2, 0.25) is 0 Å². The predicted molar refractivity (Wildman–Crippen MR) is 84.8 cm³/mol. The fourth-order valence-corrected chi connectivity index (χ4v) is 2.26. The van der Waals surface area contributed by atoms with Crippen molar-refractivity contribution in [2.45, 2.75) is 33.2 Å². The van der Waals surface area contributed by atoms with Crippen molar-refractivity contribution in [3.05, 3.63) is 45.7 Å². The summed E-state index contributed by atoms with van der Waals surface area (Å²) in [5.41, 5.74) is 2.25. The number of nitriles is 1. The van der Waals surface area contributed by atoms with Crippen molar-refractivity contribution in [3.63, 3.8) is 0 Å². The van der Waals surface area contributed by atoms with Crippen molar-refractivity contribution >= 4 is 0 Å². The number of rotatable bonds is 5. The van der Waals surface area contributed by atoms with Crippen LogP contribution in [0.2, 0.25) is 0 Å². The Balaban J connectivity index is 2.53. The quantitative estimate of drug-likeness (QED) is 0.851. The molecular weight excluding hydrogens is 278 g/mol. The van der Waals surface area contributed by atoms with Crippen LogP contribution in [0.3, 0.4) is 0 Å². The zero-order valence-electron chi connectivity index (χ0n) is 13.1. The second kappa shape index (κ2) is 6.90. The fourth-order valence-electron chi connectivity index (χ4n) is 2.26. The molecule has 1 aromatic heterocycles. The Kier molecular flexibility index (Phi) is 4.95. The molecule has 114 valence electrons. The van der Waals surface area contributed by atoms with Crippen LogP contribution < -0.4 is 10.3 Å². The van der Waals surface area contributed by atoms with Gasteiger partial charge in [0.25, 0.3) is 5.56 Å². The van der Waals surface area contributed by atoms with Crippen molar-refractivity contribution in [1.82, 2.24) is 9.78 Å². The average molecular weight is 297 g/mol. The number of unbranched alkanes of at least 4 members (excludes halogenated alkanes) is 1. The molecule has 1 aromatic carbocycles. The molecule has 0 fully saturated rings. The Hall–Kier alpha value is -2.61. The molecule has 1 heterocycles. The zero-order valence-corrected chi connectivity index (χ0v) is 13.1. The van der Waals surface area contributed by atoms with Crippen LogP contribution in [0.25, 0.3) is 11.3 Å². The molecular formula is C17H19N3O2. The second-order valence-electron chi connectivity index (χ2n) is 5.12. The van der Waals surface area contributed by atoms with Crippen LogP contribution >= 0.6 is 0 Å². The number of hydrogen-bond acceptors (Lipinski definition) is 4. The molecule has 0 atom stereocenters. The first-order chi connectivity index (χ1) is 10.6. The highest BCUT2D eigenvalue weighted by molar-refractivity contribution is 5.62. The maximum atomic E-state index is 12.1. The maximum Gasteiger partial charge on any atom is 0.284 e. The number of hydrogen-bond donors (Lipinski definition) is 0. The smallest absolute Gasteiger partial charge is 0.284 e. The van der Waals surface area contributed by atoms with E-state index in [0.29, 0.717) is 12.2 Å². The van der Waals surface area contributed by atoms with Gasteiger partial charge in [-0.05, 0) is 43.2 Å². The summed E-state index contributed by atoms with van der Waals surface area (Å²) in [5, 5.41) is 13.6. The van der Waals surface area contributed by atoms with Gasteiger partial charge in [-0.2, -0.15) is 10.4 Å². The maximum absolute atomic E-state index is 12.1. The summed E-state index contributed by atoms with van der Waals surface area (Å²) in [6, 6.07) is 9.19. The molecule has 2 aromatic rings. The Morgan fingerprint density at radius 1 is 1.36 bits per heavy atom. The normalized spacial score (nSPS) is 10.3. The molecule has 0 saturated carbocycles. The summed E-state index contributed by atoms with van der Waals surface area (Å²) in [6.07, 6.45) is 1.81. The number of ether oxygens (including phenoxy) is 1. The van der Waals surface area contributed by atoms with Gasteiger partial charge in [0, 0.05) is 12.1 Å². The molecule has 5 nitrogen and oxygen atoms in total. The molecule has 0 saturated heterocycles. The molecule has 0 N–H and O–H groups in total. The predicted octanol–water partition coefficient (Wildman–Crippen LogP) is 2.90. The SMILES string of the molecule is CCCCn1nc(-c2ccc(OC)c(C)c2)cc(C#N)c1=O. The number of benzene rings is 1. The van der Waals surface area contributed by atoms with E-state index in [1.54, 1.807) is 13.2 Å². The van der Waals surface area contributed by atoms with Crippen molar-refractivity contribution in [1.29, 1.82) is 5.26 Å². The highest BCUT2D eigenvalue weighted by Crippen LogP contribution is 2.24. The first kappa shape index (κ1) is 15.8. The lowest BCUT2D eigenvalue weighted by atomic mass is 10.1. The fraction of sp³-hybridized carbons (Fsp3) is 0.353. The van der Waals surface area contributed by atoms with Crippen LogP contribution in [0.15, 0.2) is 29.1 Å². The van der Waals surface area contributed by atoms with Gasteiger partial charge in [-0.1, -0.05) is 13.3 Å². The van der Waals surface area contributed by atoms with Crippen LogP contribution in [0.4, 0.5) is 0 Å². The summed E-state index contributed by atoms with van der Waals surface area (Å²) in [6.45, 7) is 4.51. The molecule has 0 radical (unpaired) electrons. The largest absolute Gasteiger partial charge is 0.496 e. The van der Waals surface area contributed by atoms with Crippen LogP contribution in [0.5, 0.6) is 5.75 Å². The van der Waals surface area contributed by atoms with Gasteiger partial charge in [-0.15, -0.1) is 0 Å². The topological polar surface area (TPSA) is 67.9 Å². The van der Waals surface area contributed by atoms with Crippen LogP contribution in [-0.2, 0) is 6.54 Å². The molecule has 0 aliphatic carbocycles. The molecule has 0 amide bonds. The third kappa shape index (κ3) is 3.17. The molecule has 0 bridgehead atoms. The highest BCUT2D eigenvalue weighted by Gasteiger charge is 2.10. The minimum atomic E-state index is -0.329. The van der Waals surface area contributed by atoms with Crippen molar-refractivity contribution in [2.24, 2.45) is 0 Å². The highest BCUT2D eigenvalue weighted by atomic mass is 16.5. The van der Waals surface area contributed by atoms with E-state index in [9.17, 15) is 4.79 Å². The third-order valence-corrected chi connectivity index (χ3v) is 3.51. The summed E-state index contributed by atoms with van der Waals surface area (Å²) in [5.74, 6) is 0.795. The molecule has 0 spiro atoms. The van der Waals surface area contributed by atoms with E-state index in [1.807, 2.05) is 38.1 Å². The summed E-state index contributed by atoms with van der Waals surface area (Å²) in [4.78, 5) is 12.1. The molecule has 5 heteroatoms. The molecule has 0 unspecified atom stereocenters. The molecule has 0 aliphatic heterocycles. The van der Waals surface area contributed by atoms with Gasteiger partial charge in [0.1, 0.15) is 17.4 Å². The van der Waals surface area contributed by atoms with Gasteiger partial charge in [0.05, 0.1) is 12.8 Å². The summed E-state index contributed by atoms with van der Waals surface area (Å²) < 4.78 is 6.63. The number of nitrogens with zero attached hydrogens (tertiary/aromatic N) is 3.